The van der Waals surface area contributed by atoms with Gasteiger partial charge in [0.25, 0.3) is 5.91 Å². The molecule has 1 saturated heterocycles. The van der Waals surface area contributed by atoms with Gasteiger partial charge in [0.05, 0.1) is 27.9 Å². The molecule has 1 aliphatic rings. The van der Waals surface area contributed by atoms with Crippen LogP contribution in [0.4, 0.5) is 10.2 Å². The summed E-state index contributed by atoms with van der Waals surface area (Å²) in [6, 6.07) is 13.6. The number of pyridine rings is 1. The van der Waals surface area contributed by atoms with Gasteiger partial charge in [-0.1, -0.05) is 0 Å². The number of fused-ring (bicyclic) bond motifs is 1. The molecule has 1 fully saturated rings. The molecule has 0 bridgehead atoms. The van der Waals surface area contributed by atoms with Crippen LogP contribution in [0.5, 0.6) is 0 Å². The van der Waals surface area contributed by atoms with Gasteiger partial charge in [-0.15, -0.1) is 11.3 Å². The highest BCUT2D eigenvalue weighted by Crippen LogP contribution is 2.31. The van der Waals surface area contributed by atoms with Gasteiger partial charge in [-0.2, -0.15) is 10.4 Å². The van der Waals surface area contributed by atoms with Crippen LogP contribution >= 0.6 is 11.3 Å². The SMILES string of the molecule is Cc1nn(-c2ccc(F)cc2)c2sc(C(=O)N3CCN(c4cc(C#N)ccn4)CC3)cc12. The maximum absolute atomic E-state index is 13.3. The molecule has 0 unspecified atom stereocenters. The van der Waals surface area contributed by atoms with Crippen molar-refractivity contribution in [3.63, 3.8) is 0 Å². The van der Waals surface area contributed by atoms with E-state index in [0.717, 1.165) is 27.4 Å². The lowest BCUT2D eigenvalue weighted by Crippen LogP contribution is -2.48. The normalized spacial score (nSPS) is 14.0. The lowest BCUT2D eigenvalue weighted by atomic mass is 10.2. The fourth-order valence-electron chi connectivity index (χ4n) is 3.87. The molecular formula is C23H19FN6OS. The summed E-state index contributed by atoms with van der Waals surface area (Å²) in [5.74, 6) is 0.451. The molecule has 32 heavy (non-hydrogen) atoms. The topological polar surface area (TPSA) is 78.0 Å². The number of nitrogens with zero attached hydrogens (tertiary/aromatic N) is 6. The molecular weight excluding hydrogens is 427 g/mol. The third-order valence-corrected chi connectivity index (χ3v) is 6.69. The van der Waals surface area contributed by atoms with Gasteiger partial charge < -0.3 is 9.80 Å². The molecule has 0 N–H and O–H groups in total. The first-order valence-electron chi connectivity index (χ1n) is 10.2. The Morgan fingerprint density at radius 1 is 1.12 bits per heavy atom. The van der Waals surface area contributed by atoms with Crippen LogP contribution < -0.4 is 4.90 Å². The summed E-state index contributed by atoms with van der Waals surface area (Å²) in [6.45, 7) is 4.37. The third kappa shape index (κ3) is 3.59. The zero-order chi connectivity index (χ0) is 22.2. The summed E-state index contributed by atoms with van der Waals surface area (Å²) in [5, 5.41) is 14.6. The minimum atomic E-state index is -0.301. The maximum atomic E-state index is 13.3. The summed E-state index contributed by atoms with van der Waals surface area (Å²) >= 11 is 1.40. The van der Waals surface area contributed by atoms with Gasteiger partial charge in [0.15, 0.2) is 0 Å². The molecule has 160 valence electrons. The van der Waals surface area contributed by atoms with E-state index in [9.17, 15) is 9.18 Å². The molecule has 5 rings (SSSR count). The Bertz CT molecular complexity index is 1350. The van der Waals surface area contributed by atoms with E-state index in [1.807, 2.05) is 17.9 Å². The first-order valence-corrected chi connectivity index (χ1v) is 11.0. The summed E-state index contributed by atoms with van der Waals surface area (Å²) < 4.78 is 15.1. The van der Waals surface area contributed by atoms with Crippen LogP contribution in [0.3, 0.4) is 0 Å². The van der Waals surface area contributed by atoms with Crippen molar-refractivity contribution >= 4 is 33.3 Å². The number of thiophene rings is 1. The molecule has 0 atom stereocenters. The van der Waals surface area contributed by atoms with Crippen LogP contribution in [-0.2, 0) is 0 Å². The van der Waals surface area contributed by atoms with Gasteiger partial charge in [-0.05, 0) is 49.4 Å². The fraction of sp³-hybridized carbons (Fsp3) is 0.217. The molecule has 1 amide bonds. The number of anilines is 1. The van der Waals surface area contributed by atoms with Crippen molar-refractivity contribution < 1.29 is 9.18 Å². The molecule has 0 spiro atoms. The number of amides is 1. The van der Waals surface area contributed by atoms with E-state index in [0.29, 0.717) is 36.6 Å². The second kappa shape index (κ2) is 8.05. The summed E-state index contributed by atoms with van der Waals surface area (Å²) in [5.41, 5.74) is 2.16. The average molecular weight is 447 g/mol. The van der Waals surface area contributed by atoms with Gasteiger partial charge in [0.1, 0.15) is 16.5 Å². The van der Waals surface area contributed by atoms with Crippen LogP contribution in [0.2, 0.25) is 0 Å². The van der Waals surface area contributed by atoms with Crippen LogP contribution in [0.1, 0.15) is 20.9 Å². The Morgan fingerprint density at radius 2 is 1.88 bits per heavy atom. The molecule has 9 heteroatoms. The number of nitriles is 1. The van der Waals surface area contributed by atoms with Crippen LogP contribution in [-0.4, -0.2) is 51.8 Å². The van der Waals surface area contributed by atoms with E-state index in [-0.39, 0.29) is 11.7 Å². The van der Waals surface area contributed by atoms with Crippen molar-refractivity contribution in [1.29, 1.82) is 5.26 Å². The quantitative estimate of drug-likeness (QED) is 0.479. The molecule has 4 heterocycles. The summed E-state index contributed by atoms with van der Waals surface area (Å²) in [7, 11) is 0. The molecule has 0 radical (unpaired) electrons. The van der Waals surface area contributed by atoms with Crippen molar-refractivity contribution in [2.75, 3.05) is 31.1 Å². The number of hydrogen-bond donors (Lipinski definition) is 0. The first-order chi connectivity index (χ1) is 15.5. The molecule has 1 aromatic carbocycles. The Labute approximate surface area is 187 Å². The van der Waals surface area contributed by atoms with E-state index in [2.05, 4.69) is 21.1 Å². The fourth-order valence-corrected chi connectivity index (χ4v) is 5.02. The highest BCUT2D eigenvalue weighted by molar-refractivity contribution is 7.20. The predicted octanol–water partition coefficient (Wildman–Crippen LogP) is 3.76. The Hall–Kier alpha value is -3.77. The minimum Gasteiger partial charge on any atom is -0.353 e. The number of benzene rings is 1. The third-order valence-electron chi connectivity index (χ3n) is 5.59. The lowest BCUT2D eigenvalue weighted by molar-refractivity contribution is 0.0751. The highest BCUT2D eigenvalue weighted by Gasteiger charge is 2.25. The van der Waals surface area contributed by atoms with Gasteiger partial charge in [0, 0.05) is 37.8 Å². The Morgan fingerprint density at radius 3 is 2.59 bits per heavy atom. The van der Waals surface area contributed by atoms with E-state index in [1.165, 1.54) is 23.5 Å². The largest absolute Gasteiger partial charge is 0.353 e. The number of halogens is 1. The number of carbonyl (C=O) groups excluding carboxylic acids is 1. The maximum Gasteiger partial charge on any atom is 0.264 e. The standard InChI is InChI=1S/C23H19FN6OS/c1-15-19-13-20(32-23(19)30(27-15)18-4-2-17(24)3-5-18)22(31)29-10-8-28(9-11-29)21-12-16(14-25)6-7-26-21/h2-7,12-13H,8-11H2,1H3. The predicted molar refractivity (Wildman–Crippen MR) is 121 cm³/mol. The van der Waals surface area contributed by atoms with E-state index < -0.39 is 0 Å². The summed E-state index contributed by atoms with van der Waals surface area (Å²) in [4.78, 5) is 23.0. The Kier molecular flexibility index (Phi) is 5.07. The van der Waals surface area contributed by atoms with Gasteiger partial charge in [-0.25, -0.2) is 14.1 Å². The summed E-state index contributed by atoms with van der Waals surface area (Å²) in [6.07, 6.45) is 1.63. The van der Waals surface area contributed by atoms with E-state index >= 15 is 0 Å². The molecule has 0 saturated carbocycles. The number of carbonyl (C=O) groups is 1. The smallest absolute Gasteiger partial charge is 0.264 e. The second-order valence-corrected chi connectivity index (χ2v) is 8.63. The van der Waals surface area contributed by atoms with Gasteiger partial charge in [-0.3, -0.25) is 4.79 Å². The van der Waals surface area contributed by atoms with E-state index in [4.69, 9.17) is 5.26 Å². The second-order valence-electron chi connectivity index (χ2n) is 7.60. The van der Waals surface area contributed by atoms with Crippen LogP contribution in [0, 0.1) is 24.1 Å². The lowest BCUT2D eigenvalue weighted by Gasteiger charge is -2.35. The number of rotatable bonds is 3. The van der Waals surface area contributed by atoms with Crippen molar-refractivity contribution in [2.45, 2.75) is 6.92 Å². The average Bonchev–Trinajstić information content (AvgIpc) is 3.40. The molecule has 0 aliphatic carbocycles. The monoisotopic (exact) mass is 446 g/mol. The Balaban J connectivity index is 1.35. The van der Waals surface area contributed by atoms with Crippen molar-refractivity contribution in [3.8, 4) is 11.8 Å². The molecule has 7 nitrogen and oxygen atoms in total. The minimum absolute atomic E-state index is 0.00496. The zero-order valence-electron chi connectivity index (χ0n) is 17.3. The van der Waals surface area contributed by atoms with Gasteiger partial charge in [0.2, 0.25) is 0 Å². The number of hydrogen-bond acceptors (Lipinski definition) is 6. The van der Waals surface area contributed by atoms with Crippen LogP contribution in [0.25, 0.3) is 15.9 Å². The van der Waals surface area contributed by atoms with Crippen molar-refractivity contribution in [3.05, 3.63) is 70.6 Å². The van der Waals surface area contributed by atoms with Gasteiger partial charge >= 0.3 is 0 Å². The highest BCUT2D eigenvalue weighted by atomic mass is 32.1. The zero-order valence-corrected chi connectivity index (χ0v) is 18.1. The van der Waals surface area contributed by atoms with Crippen molar-refractivity contribution in [1.82, 2.24) is 19.7 Å². The van der Waals surface area contributed by atoms with Crippen LogP contribution in [0.15, 0.2) is 48.7 Å². The number of piperazine rings is 1. The van der Waals surface area contributed by atoms with E-state index in [1.54, 1.807) is 35.1 Å². The molecule has 4 aromatic rings. The molecule has 3 aromatic heterocycles. The number of aryl methyl sites for hydroxylation is 1. The number of aromatic nitrogens is 3. The first kappa shape index (κ1) is 20.2. The van der Waals surface area contributed by atoms with Crippen molar-refractivity contribution in [2.24, 2.45) is 0 Å². The molecule has 1 aliphatic heterocycles.